The number of halogens is 2. The van der Waals surface area contributed by atoms with Gasteiger partial charge < -0.3 is 16.4 Å². The van der Waals surface area contributed by atoms with Crippen LogP contribution in [0, 0.1) is 5.82 Å². The molecular formula is C18H19ClFN7. The summed E-state index contributed by atoms with van der Waals surface area (Å²) in [5.74, 6) is 1.73. The van der Waals surface area contributed by atoms with Crippen molar-refractivity contribution in [2.24, 2.45) is 5.73 Å². The lowest BCUT2D eigenvalue weighted by Crippen LogP contribution is -2.22. The van der Waals surface area contributed by atoms with Gasteiger partial charge in [0.2, 0.25) is 5.95 Å². The highest BCUT2D eigenvalue weighted by atomic mass is 35.5. The van der Waals surface area contributed by atoms with Crippen LogP contribution in [0.3, 0.4) is 0 Å². The second-order valence-electron chi connectivity index (χ2n) is 6.48. The molecule has 2 aromatic heterocycles. The van der Waals surface area contributed by atoms with Crippen LogP contribution in [0.5, 0.6) is 0 Å². The van der Waals surface area contributed by atoms with Gasteiger partial charge in [-0.2, -0.15) is 10.1 Å². The van der Waals surface area contributed by atoms with Crippen molar-refractivity contribution in [3.8, 4) is 0 Å². The molecule has 0 bridgehead atoms. The first-order chi connectivity index (χ1) is 13.1. The van der Waals surface area contributed by atoms with Gasteiger partial charge in [0.1, 0.15) is 10.8 Å². The summed E-state index contributed by atoms with van der Waals surface area (Å²) in [5.41, 5.74) is 7.80. The third-order valence-electron chi connectivity index (χ3n) is 4.42. The van der Waals surface area contributed by atoms with Crippen LogP contribution in [-0.2, 0) is 0 Å². The molecule has 140 valence electrons. The van der Waals surface area contributed by atoms with Gasteiger partial charge in [0.05, 0.1) is 12.2 Å². The molecule has 2 heterocycles. The van der Waals surface area contributed by atoms with E-state index in [0.29, 0.717) is 35.1 Å². The van der Waals surface area contributed by atoms with E-state index in [2.05, 4.69) is 30.8 Å². The summed E-state index contributed by atoms with van der Waals surface area (Å²) in [6, 6.07) is 7.85. The lowest BCUT2D eigenvalue weighted by Gasteiger charge is -2.18. The zero-order valence-electron chi connectivity index (χ0n) is 14.4. The van der Waals surface area contributed by atoms with Gasteiger partial charge in [0.15, 0.2) is 11.6 Å². The molecule has 0 unspecified atom stereocenters. The number of benzene rings is 1. The average Bonchev–Trinajstić information content (AvgIpc) is 3.42. The van der Waals surface area contributed by atoms with E-state index in [9.17, 15) is 4.39 Å². The Morgan fingerprint density at radius 3 is 2.78 bits per heavy atom. The Balaban J connectivity index is 1.51. The van der Waals surface area contributed by atoms with Crippen molar-refractivity contribution in [3.63, 3.8) is 0 Å². The van der Waals surface area contributed by atoms with Crippen LogP contribution in [0.4, 0.5) is 22.0 Å². The number of nitrogens with two attached hydrogens (primary N) is 1. The molecule has 0 amide bonds. The molecule has 3 aromatic rings. The van der Waals surface area contributed by atoms with E-state index in [-0.39, 0.29) is 11.9 Å². The SMILES string of the molecule is NC[C@H](Nc1ncc(Cl)c(Nc2cc(C3CC3)[nH]n2)n1)c1ccc(F)cc1. The first-order valence-corrected chi connectivity index (χ1v) is 9.07. The lowest BCUT2D eigenvalue weighted by molar-refractivity contribution is 0.625. The summed E-state index contributed by atoms with van der Waals surface area (Å²) in [5, 5.41) is 13.9. The van der Waals surface area contributed by atoms with Gasteiger partial charge in [-0.3, -0.25) is 5.10 Å². The number of H-pyrrole nitrogens is 1. The van der Waals surface area contributed by atoms with E-state index < -0.39 is 0 Å². The summed E-state index contributed by atoms with van der Waals surface area (Å²) in [4.78, 5) is 8.62. The zero-order chi connectivity index (χ0) is 18.8. The number of nitrogens with one attached hydrogen (secondary N) is 3. The highest BCUT2D eigenvalue weighted by Gasteiger charge is 2.25. The minimum absolute atomic E-state index is 0.258. The molecule has 5 N–H and O–H groups in total. The van der Waals surface area contributed by atoms with Crippen molar-refractivity contribution < 1.29 is 4.39 Å². The fourth-order valence-corrected chi connectivity index (χ4v) is 2.92. The summed E-state index contributed by atoms with van der Waals surface area (Å²) >= 11 is 6.21. The molecule has 0 spiro atoms. The normalized spacial score (nSPS) is 14.8. The number of nitrogens with zero attached hydrogens (tertiary/aromatic N) is 3. The van der Waals surface area contributed by atoms with Gasteiger partial charge in [0, 0.05) is 24.2 Å². The molecule has 0 saturated heterocycles. The lowest BCUT2D eigenvalue weighted by atomic mass is 10.1. The van der Waals surface area contributed by atoms with Gasteiger partial charge in [-0.15, -0.1) is 0 Å². The maximum absolute atomic E-state index is 13.1. The maximum atomic E-state index is 13.1. The van der Waals surface area contributed by atoms with Crippen LogP contribution in [0.2, 0.25) is 5.02 Å². The predicted octanol–water partition coefficient (Wildman–Crippen LogP) is 3.73. The summed E-state index contributed by atoms with van der Waals surface area (Å²) in [7, 11) is 0. The molecule has 1 aliphatic carbocycles. The van der Waals surface area contributed by atoms with Gasteiger partial charge in [0.25, 0.3) is 0 Å². The molecule has 1 fully saturated rings. The Morgan fingerprint density at radius 2 is 2.07 bits per heavy atom. The van der Waals surface area contributed by atoms with Crippen molar-refractivity contribution in [1.29, 1.82) is 0 Å². The summed E-state index contributed by atoms with van der Waals surface area (Å²) in [6.07, 6.45) is 3.88. The van der Waals surface area contributed by atoms with Crippen LogP contribution in [0.25, 0.3) is 0 Å². The monoisotopic (exact) mass is 387 g/mol. The van der Waals surface area contributed by atoms with Crippen molar-refractivity contribution in [1.82, 2.24) is 20.2 Å². The van der Waals surface area contributed by atoms with Crippen LogP contribution >= 0.6 is 11.6 Å². The number of aromatic nitrogens is 4. The molecule has 1 aliphatic rings. The third-order valence-corrected chi connectivity index (χ3v) is 4.69. The first kappa shape index (κ1) is 17.7. The molecule has 0 aliphatic heterocycles. The highest BCUT2D eigenvalue weighted by molar-refractivity contribution is 6.32. The topological polar surface area (TPSA) is 105 Å². The van der Waals surface area contributed by atoms with Crippen molar-refractivity contribution in [2.45, 2.75) is 24.8 Å². The van der Waals surface area contributed by atoms with Crippen molar-refractivity contribution in [2.75, 3.05) is 17.2 Å². The standard InChI is InChI=1S/C18H19ClFN7/c19-13-9-22-18(23-15(8-21)11-3-5-12(20)6-4-11)25-17(13)24-16-7-14(26-27-16)10-1-2-10/h3-7,9-10,15H,1-2,8,21H2,(H3,22,23,24,25,26,27)/t15-/m0/s1. The summed E-state index contributed by atoms with van der Waals surface area (Å²) in [6.45, 7) is 0.296. The molecular weight excluding hydrogens is 369 g/mol. The number of hydrogen-bond donors (Lipinski definition) is 4. The second-order valence-corrected chi connectivity index (χ2v) is 6.89. The minimum Gasteiger partial charge on any atom is -0.346 e. The summed E-state index contributed by atoms with van der Waals surface area (Å²) < 4.78 is 13.1. The maximum Gasteiger partial charge on any atom is 0.225 e. The van der Waals surface area contributed by atoms with E-state index in [1.54, 1.807) is 12.1 Å². The quantitative estimate of drug-likeness (QED) is 0.492. The van der Waals surface area contributed by atoms with Gasteiger partial charge >= 0.3 is 0 Å². The molecule has 1 aromatic carbocycles. The Labute approximate surface area is 160 Å². The molecule has 7 nitrogen and oxygen atoms in total. The minimum atomic E-state index is -0.298. The van der Waals surface area contributed by atoms with E-state index in [4.69, 9.17) is 17.3 Å². The largest absolute Gasteiger partial charge is 0.346 e. The van der Waals surface area contributed by atoms with E-state index in [1.807, 2.05) is 6.07 Å². The van der Waals surface area contributed by atoms with Crippen LogP contribution in [0.1, 0.15) is 36.1 Å². The Bertz CT molecular complexity index is 924. The third kappa shape index (κ3) is 4.17. The van der Waals surface area contributed by atoms with Crippen LogP contribution in [0.15, 0.2) is 36.5 Å². The van der Waals surface area contributed by atoms with E-state index in [1.165, 1.54) is 31.2 Å². The van der Waals surface area contributed by atoms with Crippen LogP contribution < -0.4 is 16.4 Å². The van der Waals surface area contributed by atoms with Gasteiger partial charge in [-0.25, -0.2) is 9.37 Å². The van der Waals surface area contributed by atoms with E-state index in [0.717, 1.165) is 11.3 Å². The second kappa shape index (κ2) is 7.50. The Kier molecular flexibility index (Phi) is 4.91. The number of hydrogen-bond acceptors (Lipinski definition) is 6. The van der Waals surface area contributed by atoms with Gasteiger partial charge in [-0.05, 0) is 30.5 Å². The molecule has 1 saturated carbocycles. The predicted molar refractivity (Wildman–Crippen MR) is 103 cm³/mol. The molecule has 1 atom stereocenters. The number of aromatic amines is 1. The van der Waals surface area contributed by atoms with Crippen LogP contribution in [-0.4, -0.2) is 26.7 Å². The van der Waals surface area contributed by atoms with Crippen molar-refractivity contribution in [3.05, 3.63) is 58.6 Å². The fourth-order valence-electron chi connectivity index (χ4n) is 2.78. The zero-order valence-corrected chi connectivity index (χ0v) is 15.2. The molecule has 27 heavy (non-hydrogen) atoms. The van der Waals surface area contributed by atoms with Crippen molar-refractivity contribution >= 4 is 29.2 Å². The number of anilines is 3. The highest BCUT2D eigenvalue weighted by Crippen LogP contribution is 2.39. The molecule has 0 radical (unpaired) electrons. The molecule has 9 heteroatoms. The first-order valence-electron chi connectivity index (χ1n) is 8.69. The smallest absolute Gasteiger partial charge is 0.225 e. The fraction of sp³-hybridized carbons (Fsp3) is 0.278. The van der Waals surface area contributed by atoms with E-state index >= 15 is 0 Å². The number of rotatable bonds is 7. The Morgan fingerprint density at radius 1 is 1.30 bits per heavy atom. The Hall–Kier alpha value is -2.71. The average molecular weight is 388 g/mol. The van der Waals surface area contributed by atoms with Gasteiger partial charge in [-0.1, -0.05) is 23.7 Å². The molecule has 4 rings (SSSR count).